The van der Waals surface area contributed by atoms with E-state index in [1.807, 2.05) is 12.1 Å². The molecule has 1 aliphatic rings. The lowest BCUT2D eigenvalue weighted by Gasteiger charge is -2.29. The second kappa shape index (κ2) is 7.25. The van der Waals surface area contributed by atoms with E-state index in [2.05, 4.69) is 27.1 Å². The first-order chi connectivity index (χ1) is 10.3. The van der Waals surface area contributed by atoms with Crippen LogP contribution in [0.2, 0.25) is 5.02 Å². The van der Waals surface area contributed by atoms with Gasteiger partial charge >= 0.3 is 0 Å². The third-order valence-electron chi connectivity index (χ3n) is 3.85. The summed E-state index contributed by atoms with van der Waals surface area (Å²) in [4.78, 5) is 4.19. The van der Waals surface area contributed by atoms with Crippen molar-refractivity contribution in [3.63, 3.8) is 0 Å². The molecule has 0 bridgehead atoms. The van der Waals surface area contributed by atoms with Crippen LogP contribution in [0.1, 0.15) is 31.2 Å². The normalized spacial score (nSPS) is 22.1. The first-order valence-electron chi connectivity index (χ1n) is 7.33. The third-order valence-corrected chi connectivity index (χ3v) is 4.87. The van der Waals surface area contributed by atoms with Crippen LogP contribution in [0.25, 0.3) is 0 Å². The van der Waals surface area contributed by atoms with Crippen molar-refractivity contribution in [2.75, 3.05) is 0 Å². The van der Waals surface area contributed by atoms with Gasteiger partial charge in [-0.15, -0.1) is 0 Å². The number of nitrogens with zero attached hydrogens (tertiary/aromatic N) is 1. The van der Waals surface area contributed by atoms with Gasteiger partial charge in [0.05, 0.1) is 0 Å². The number of halogens is 1. The average molecular weight is 323 g/mol. The zero-order valence-corrected chi connectivity index (χ0v) is 13.4. The van der Waals surface area contributed by atoms with Gasteiger partial charge in [0.15, 0.2) is 0 Å². The van der Waals surface area contributed by atoms with Gasteiger partial charge in [-0.2, -0.15) is 11.3 Å². The minimum atomic E-state index is 0.233. The van der Waals surface area contributed by atoms with E-state index in [1.54, 1.807) is 17.5 Å². The second-order valence-electron chi connectivity index (χ2n) is 5.39. The van der Waals surface area contributed by atoms with Crippen molar-refractivity contribution < 1.29 is 4.74 Å². The molecule has 112 valence electrons. The summed E-state index contributed by atoms with van der Waals surface area (Å²) < 4.78 is 5.92. The molecule has 1 aliphatic carbocycles. The molecule has 1 N–H and O–H groups in total. The van der Waals surface area contributed by atoms with Crippen LogP contribution in [0.3, 0.4) is 0 Å². The zero-order chi connectivity index (χ0) is 14.5. The van der Waals surface area contributed by atoms with E-state index in [4.69, 9.17) is 16.3 Å². The molecule has 0 spiro atoms. The Morgan fingerprint density at radius 1 is 1.29 bits per heavy atom. The monoisotopic (exact) mass is 322 g/mol. The lowest BCUT2D eigenvalue weighted by molar-refractivity contribution is 0.134. The number of pyridine rings is 1. The lowest BCUT2D eigenvalue weighted by Crippen LogP contribution is -2.36. The standard InChI is InChI=1S/C16H19ClN2OS/c17-15-2-1-8-18-16(15)20-14-5-3-13(4-6-14)19-10-12-7-9-21-11-12/h1-2,7-9,11,13-14,19H,3-6,10H2. The molecule has 3 rings (SSSR count). The van der Waals surface area contributed by atoms with Crippen LogP contribution in [-0.2, 0) is 6.54 Å². The maximum Gasteiger partial charge on any atom is 0.232 e. The van der Waals surface area contributed by atoms with Crippen molar-refractivity contribution in [2.45, 2.75) is 44.4 Å². The first-order valence-corrected chi connectivity index (χ1v) is 8.65. The van der Waals surface area contributed by atoms with Crippen molar-refractivity contribution in [3.05, 3.63) is 45.7 Å². The predicted octanol–water partition coefficient (Wildman–Crippen LogP) is 4.28. The summed E-state index contributed by atoms with van der Waals surface area (Å²) in [5.41, 5.74) is 1.37. The first kappa shape index (κ1) is 14.8. The molecular formula is C16H19ClN2OS. The topological polar surface area (TPSA) is 34.1 Å². The van der Waals surface area contributed by atoms with Crippen LogP contribution in [0.5, 0.6) is 5.88 Å². The Morgan fingerprint density at radius 3 is 2.86 bits per heavy atom. The number of thiophene rings is 1. The number of hydrogen-bond donors (Lipinski definition) is 1. The number of ether oxygens (including phenoxy) is 1. The second-order valence-corrected chi connectivity index (χ2v) is 6.58. The Hall–Kier alpha value is -1.10. The van der Waals surface area contributed by atoms with Gasteiger partial charge in [-0.25, -0.2) is 4.98 Å². The van der Waals surface area contributed by atoms with Crippen molar-refractivity contribution in [3.8, 4) is 5.88 Å². The van der Waals surface area contributed by atoms with Gasteiger partial charge < -0.3 is 10.1 Å². The lowest BCUT2D eigenvalue weighted by atomic mass is 9.93. The van der Waals surface area contributed by atoms with Gasteiger partial charge in [-0.05, 0) is 60.2 Å². The smallest absolute Gasteiger partial charge is 0.232 e. The molecular weight excluding hydrogens is 304 g/mol. The van der Waals surface area contributed by atoms with Crippen molar-refractivity contribution >= 4 is 22.9 Å². The van der Waals surface area contributed by atoms with Crippen molar-refractivity contribution in [2.24, 2.45) is 0 Å². The number of rotatable bonds is 5. The van der Waals surface area contributed by atoms with Crippen LogP contribution in [-0.4, -0.2) is 17.1 Å². The maximum atomic E-state index is 6.08. The molecule has 0 radical (unpaired) electrons. The molecule has 0 unspecified atom stereocenters. The molecule has 5 heteroatoms. The van der Waals surface area contributed by atoms with E-state index in [9.17, 15) is 0 Å². The number of aromatic nitrogens is 1. The van der Waals surface area contributed by atoms with E-state index < -0.39 is 0 Å². The SMILES string of the molecule is Clc1cccnc1OC1CCC(NCc2ccsc2)CC1. The Morgan fingerprint density at radius 2 is 2.14 bits per heavy atom. The third kappa shape index (κ3) is 4.19. The summed E-state index contributed by atoms with van der Waals surface area (Å²) in [7, 11) is 0. The number of nitrogens with one attached hydrogen (secondary N) is 1. The van der Waals surface area contributed by atoms with Crippen LogP contribution in [0, 0.1) is 0 Å². The van der Waals surface area contributed by atoms with Crippen molar-refractivity contribution in [1.29, 1.82) is 0 Å². The minimum absolute atomic E-state index is 0.233. The fraction of sp³-hybridized carbons (Fsp3) is 0.438. The van der Waals surface area contributed by atoms with Gasteiger partial charge in [0.2, 0.25) is 5.88 Å². The molecule has 0 amide bonds. The molecule has 2 aromatic rings. The average Bonchev–Trinajstić information content (AvgIpc) is 3.02. The molecule has 3 nitrogen and oxygen atoms in total. The molecule has 0 aromatic carbocycles. The molecule has 1 fully saturated rings. The van der Waals surface area contributed by atoms with Gasteiger partial charge in [0, 0.05) is 18.8 Å². The van der Waals surface area contributed by atoms with E-state index in [0.717, 1.165) is 32.2 Å². The van der Waals surface area contributed by atoms with E-state index in [1.165, 1.54) is 5.56 Å². The summed E-state index contributed by atoms with van der Waals surface area (Å²) in [6.45, 7) is 0.964. The highest BCUT2D eigenvalue weighted by atomic mass is 35.5. The molecule has 0 saturated heterocycles. The highest BCUT2D eigenvalue weighted by molar-refractivity contribution is 7.07. The predicted molar refractivity (Wildman–Crippen MR) is 87.1 cm³/mol. The molecule has 1 saturated carbocycles. The minimum Gasteiger partial charge on any atom is -0.473 e. The van der Waals surface area contributed by atoms with E-state index >= 15 is 0 Å². The Bertz CT molecular complexity index is 553. The zero-order valence-electron chi connectivity index (χ0n) is 11.8. The van der Waals surface area contributed by atoms with Crippen LogP contribution in [0.4, 0.5) is 0 Å². The maximum absolute atomic E-state index is 6.08. The summed E-state index contributed by atoms with van der Waals surface area (Å²) in [5.74, 6) is 0.564. The van der Waals surface area contributed by atoms with E-state index in [0.29, 0.717) is 16.9 Å². The fourth-order valence-corrected chi connectivity index (χ4v) is 3.49. The fourth-order valence-electron chi connectivity index (χ4n) is 2.66. The largest absolute Gasteiger partial charge is 0.473 e. The van der Waals surface area contributed by atoms with Crippen LogP contribution in [0.15, 0.2) is 35.2 Å². The quantitative estimate of drug-likeness (QED) is 0.892. The summed E-state index contributed by atoms with van der Waals surface area (Å²) >= 11 is 7.83. The van der Waals surface area contributed by atoms with Gasteiger partial charge in [0.1, 0.15) is 11.1 Å². The highest BCUT2D eigenvalue weighted by Gasteiger charge is 2.23. The molecule has 2 heterocycles. The summed E-state index contributed by atoms with van der Waals surface area (Å²) in [6.07, 6.45) is 6.33. The molecule has 2 aromatic heterocycles. The summed E-state index contributed by atoms with van der Waals surface area (Å²) in [5, 5.41) is 8.54. The van der Waals surface area contributed by atoms with Crippen molar-refractivity contribution in [1.82, 2.24) is 10.3 Å². The Labute approximate surface area is 134 Å². The molecule has 0 aliphatic heterocycles. The van der Waals surface area contributed by atoms with Gasteiger partial charge in [-0.3, -0.25) is 0 Å². The molecule has 21 heavy (non-hydrogen) atoms. The summed E-state index contributed by atoms with van der Waals surface area (Å²) in [6, 6.07) is 6.40. The van der Waals surface area contributed by atoms with Crippen LogP contribution < -0.4 is 10.1 Å². The van der Waals surface area contributed by atoms with Crippen LogP contribution >= 0.6 is 22.9 Å². The Balaban J connectivity index is 1.44. The van der Waals surface area contributed by atoms with Gasteiger partial charge in [0.25, 0.3) is 0 Å². The van der Waals surface area contributed by atoms with E-state index in [-0.39, 0.29) is 6.10 Å². The molecule has 0 atom stereocenters. The van der Waals surface area contributed by atoms with Gasteiger partial charge in [-0.1, -0.05) is 11.6 Å². The highest BCUT2D eigenvalue weighted by Crippen LogP contribution is 2.27. The number of hydrogen-bond acceptors (Lipinski definition) is 4. The Kier molecular flexibility index (Phi) is 5.12.